The van der Waals surface area contributed by atoms with Gasteiger partial charge in [-0.25, -0.2) is 0 Å². The Labute approximate surface area is 190 Å². The Morgan fingerprint density at radius 2 is 2.06 bits per heavy atom. The lowest BCUT2D eigenvalue weighted by molar-refractivity contribution is -0.212. The van der Waals surface area contributed by atoms with Crippen molar-refractivity contribution in [3.8, 4) is 18.1 Å². The van der Waals surface area contributed by atoms with Gasteiger partial charge >= 0.3 is 6.18 Å². The van der Waals surface area contributed by atoms with Gasteiger partial charge in [0.05, 0.1) is 11.3 Å². The lowest BCUT2D eigenvalue weighted by Crippen LogP contribution is -2.53. The van der Waals surface area contributed by atoms with Gasteiger partial charge in [-0.3, -0.25) is 4.79 Å². The number of alkyl halides is 3. The third-order valence-electron chi connectivity index (χ3n) is 5.14. The zero-order valence-corrected chi connectivity index (χ0v) is 19.7. The maximum atomic E-state index is 12.9. The molecule has 2 atom stereocenters. The number of nitrogens with zero attached hydrogens (tertiary/aromatic N) is 1. The standard InChI is InChI=1S/C23H27F3N2O3S/c1-8-13(2)9-16-11-17(10-14(3)15(16)4)30-21(32-7)20(29)27-22(5,6)18-12-19(31-28-18)23(24,25)26/h1,9-11,19,21H,12H2,2-7H3,(H,27,29)/b13-9+. The van der Waals surface area contributed by atoms with Crippen LogP contribution in [0.3, 0.4) is 0 Å². The van der Waals surface area contributed by atoms with Crippen LogP contribution in [0, 0.1) is 26.2 Å². The van der Waals surface area contributed by atoms with Crippen LogP contribution in [0.25, 0.3) is 6.08 Å². The Bertz CT molecular complexity index is 978. The summed E-state index contributed by atoms with van der Waals surface area (Å²) in [5, 5.41) is 6.28. The molecule has 2 rings (SSSR count). The number of carbonyl (C=O) groups excluding carboxylic acids is 1. The van der Waals surface area contributed by atoms with Crippen molar-refractivity contribution in [1.29, 1.82) is 0 Å². The first kappa shape index (κ1) is 25.7. The van der Waals surface area contributed by atoms with E-state index in [2.05, 4.69) is 21.2 Å². The van der Waals surface area contributed by atoms with E-state index in [1.54, 1.807) is 26.2 Å². The van der Waals surface area contributed by atoms with Gasteiger partial charge in [0.25, 0.3) is 5.91 Å². The second kappa shape index (κ2) is 9.90. The van der Waals surface area contributed by atoms with Gasteiger partial charge in [-0.15, -0.1) is 18.2 Å². The molecule has 0 aliphatic carbocycles. The number of ether oxygens (including phenoxy) is 1. The van der Waals surface area contributed by atoms with E-state index in [1.807, 2.05) is 32.9 Å². The number of carbonyl (C=O) groups is 1. The fourth-order valence-electron chi connectivity index (χ4n) is 3.04. The van der Waals surface area contributed by atoms with Gasteiger partial charge in [0, 0.05) is 6.42 Å². The van der Waals surface area contributed by atoms with Crippen LogP contribution in [-0.2, 0) is 9.63 Å². The highest BCUT2D eigenvalue weighted by atomic mass is 32.2. The first-order chi connectivity index (χ1) is 14.8. The second-order valence-electron chi connectivity index (χ2n) is 8.10. The number of benzene rings is 1. The molecule has 2 unspecified atom stereocenters. The predicted octanol–water partition coefficient (Wildman–Crippen LogP) is 5.01. The Kier molecular flexibility index (Phi) is 7.94. The molecule has 1 aliphatic rings. The van der Waals surface area contributed by atoms with E-state index in [0.29, 0.717) is 5.75 Å². The predicted molar refractivity (Wildman–Crippen MR) is 122 cm³/mol. The lowest BCUT2D eigenvalue weighted by atomic mass is 9.94. The van der Waals surface area contributed by atoms with Gasteiger partial charge in [-0.1, -0.05) is 11.1 Å². The third-order valence-corrected chi connectivity index (χ3v) is 5.88. The van der Waals surface area contributed by atoms with Crippen LogP contribution in [0.15, 0.2) is 22.9 Å². The Morgan fingerprint density at radius 1 is 1.41 bits per heavy atom. The maximum Gasteiger partial charge on any atom is 0.428 e. The Morgan fingerprint density at radius 3 is 2.59 bits per heavy atom. The van der Waals surface area contributed by atoms with E-state index < -0.39 is 35.6 Å². The average molecular weight is 469 g/mol. The van der Waals surface area contributed by atoms with Crippen molar-refractivity contribution in [2.75, 3.05) is 6.26 Å². The quantitative estimate of drug-likeness (QED) is 0.452. The van der Waals surface area contributed by atoms with E-state index >= 15 is 0 Å². The summed E-state index contributed by atoms with van der Waals surface area (Å²) in [5.74, 6) is 2.57. The van der Waals surface area contributed by atoms with Crippen molar-refractivity contribution in [1.82, 2.24) is 5.32 Å². The van der Waals surface area contributed by atoms with Crippen LogP contribution >= 0.6 is 11.8 Å². The highest BCUT2D eigenvalue weighted by Crippen LogP contribution is 2.32. The van der Waals surface area contributed by atoms with Gasteiger partial charge in [0.2, 0.25) is 11.5 Å². The van der Waals surface area contributed by atoms with Crippen LogP contribution in [0.5, 0.6) is 5.75 Å². The van der Waals surface area contributed by atoms with E-state index in [4.69, 9.17) is 11.2 Å². The topological polar surface area (TPSA) is 59.9 Å². The molecule has 5 nitrogen and oxygen atoms in total. The van der Waals surface area contributed by atoms with E-state index in [1.165, 1.54) is 0 Å². The zero-order chi connectivity index (χ0) is 24.3. The number of hydrogen-bond acceptors (Lipinski definition) is 5. The Balaban J connectivity index is 2.16. The van der Waals surface area contributed by atoms with Crippen molar-refractivity contribution in [2.45, 2.75) is 64.3 Å². The molecular formula is C23H27F3N2O3S. The smallest absolute Gasteiger partial charge is 0.428 e. The molecule has 174 valence electrons. The maximum absolute atomic E-state index is 12.9. The summed E-state index contributed by atoms with van der Waals surface area (Å²) in [6.07, 6.45) is 2.04. The molecule has 1 N–H and O–H groups in total. The van der Waals surface area contributed by atoms with Crippen molar-refractivity contribution in [3.63, 3.8) is 0 Å². The van der Waals surface area contributed by atoms with Crippen molar-refractivity contribution >= 4 is 29.5 Å². The molecule has 1 aromatic rings. The Hall–Kier alpha value is -2.60. The molecule has 0 bridgehead atoms. The molecule has 1 amide bonds. The number of aryl methyl sites for hydroxylation is 1. The van der Waals surface area contributed by atoms with Gasteiger partial charge in [-0.2, -0.15) is 13.2 Å². The fraction of sp³-hybridized carbons (Fsp3) is 0.478. The molecule has 9 heteroatoms. The minimum Gasteiger partial charge on any atom is -0.470 e. The van der Waals surface area contributed by atoms with Gasteiger partial charge in [0.1, 0.15) is 5.75 Å². The van der Waals surface area contributed by atoms with E-state index in [0.717, 1.165) is 34.0 Å². The van der Waals surface area contributed by atoms with E-state index in [9.17, 15) is 18.0 Å². The number of rotatable bonds is 7. The summed E-state index contributed by atoms with van der Waals surface area (Å²) in [5.41, 5.74) is 1.68. The van der Waals surface area contributed by atoms with Crippen molar-refractivity contribution < 1.29 is 27.5 Å². The summed E-state index contributed by atoms with van der Waals surface area (Å²) in [6, 6.07) is 3.62. The lowest BCUT2D eigenvalue weighted by Gasteiger charge is -2.28. The molecule has 1 aliphatic heterocycles. The largest absolute Gasteiger partial charge is 0.470 e. The number of allylic oxidation sites excluding steroid dienone is 1. The third kappa shape index (κ3) is 6.22. The van der Waals surface area contributed by atoms with Crippen LogP contribution in [-0.4, -0.2) is 41.1 Å². The van der Waals surface area contributed by atoms with E-state index in [-0.39, 0.29) is 5.71 Å². The monoisotopic (exact) mass is 468 g/mol. The van der Waals surface area contributed by atoms with Crippen LogP contribution in [0.2, 0.25) is 0 Å². The average Bonchev–Trinajstić information content (AvgIpc) is 3.21. The molecule has 0 spiro atoms. The van der Waals surface area contributed by atoms with Crippen molar-refractivity contribution in [2.24, 2.45) is 5.16 Å². The summed E-state index contributed by atoms with van der Waals surface area (Å²) < 4.78 is 44.6. The number of oxime groups is 1. The summed E-state index contributed by atoms with van der Waals surface area (Å²) in [7, 11) is 0. The normalized spacial score (nSPS) is 17.8. The number of halogens is 3. The molecule has 0 radical (unpaired) electrons. The number of nitrogens with one attached hydrogen (secondary N) is 1. The summed E-state index contributed by atoms with van der Waals surface area (Å²) in [6.45, 7) is 8.86. The molecule has 0 saturated heterocycles. The zero-order valence-electron chi connectivity index (χ0n) is 18.9. The van der Waals surface area contributed by atoms with Crippen LogP contribution < -0.4 is 10.1 Å². The highest BCUT2D eigenvalue weighted by Gasteiger charge is 2.48. The number of amides is 1. The minimum absolute atomic E-state index is 0.108. The number of thioether (sulfide) groups is 1. The van der Waals surface area contributed by atoms with Crippen LogP contribution in [0.4, 0.5) is 13.2 Å². The highest BCUT2D eigenvalue weighted by molar-refractivity contribution is 7.99. The van der Waals surface area contributed by atoms with Gasteiger partial charge < -0.3 is 14.9 Å². The first-order valence-corrected chi connectivity index (χ1v) is 11.1. The molecule has 1 heterocycles. The van der Waals surface area contributed by atoms with Gasteiger partial charge in [-0.05, 0) is 81.3 Å². The molecule has 0 fully saturated rings. The van der Waals surface area contributed by atoms with Crippen LogP contribution in [0.1, 0.15) is 43.9 Å². The SMILES string of the molecule is C#C/C(C)=C/c1cc(OC(SC)C(=O)NC(C)(C)C2=NOC(C(F)(F)F)C2)cc(C)c1C. The first-order valence-electron chi connectivity index (χ1n) is 9.86. The molecular weight excluding hydrogens is 441 g/mol. The van der Waals surface area contributed by atoms with Crippen molar-refractivity contribution in [3.05, 3.63) is 34.4 Å². The minimum atomic E-state index is -4.52. The fourth-order valence-corrected chi connectivity index (χ4v) is 3.52. The summed E-state index contributed by atoms with van der Waals surface area (Å²) in [4.78, 5) is 17.4. The molecule has 0 aromatic heterocycles. The summed E-state index contributed by atoms with van der Waals surface area (Å²) >= 11 is 1.16. The molecule has 1 aromatic carbocycles. The number of terminal acetylenes is 1. The molecule has 32 heavy (non-hydrogen) atoms. The van der Waals surface area contributed by atoms with Gasteiger partial charge in [0.15, 0.2) is 0 Å². The number of hydrogen-bond donors (Lipinski definition) is 1. The second-order valence-corrected chi connectivity index (χ2v) is 9.00. The molecule has 0 saturated carbocycles.